The van der Waals surface area contributed by atoms with E-state index in [1.165, 1.54) is 17.7 Å². The molecule has 0 aliphatic carbocycles. The summed E-state index contributed by atoms with van der Waals surface area (Å²) in [5.41, 5.74) is 1.33. The van der Waals surface area contributed by atoms with Crippen LogP contribution in [-0.2, 0) is 0 Å². The minimum absolute atomic E-state index is 0.237. The van der Waals surface area contributed by atoms with Crippen LogP contribution in [-0.4, -0.2) is 36.2 Å². The number of ether oxygens (including phenoxy) is 1. The lowest BCUT2D eigenvalue weighted by Crippen LogP contribution is -2.34. The van der Waals surface area contributed by atoms with Crippen LogP contribution in [0.2, 0.25) is 0 Å². The second-order valence-corrected chi connectivity index (χ2v) is 6.36. The minimum Gasteiger partial charge on any atom is -0.508 e. The standard InChI is InChI=1S/C20H24FNO2/c21-18-4-8-20(9-5-18)24-15-1-12-22-13-10-17(11-14-22)16-2-6-19(23)7-3-16/h2-9,17,23H,1,10-15H2. The summed E-state index contributed by atoms with van der Waals surface area (Å²) in [6.07, 6.45) is 3.29. The van der Waals surface area contributed by atoms with Gasteiger partial charge in [-0.15, -0.1) is 0 Å². The number of hydrogen-bond donors (Lipinski definition) is 1. The summed E-state index contributed by atoms with van der Waals surface area (Å²) in [6, 6.07) is 13.8. The van der Waals surface area contributed by atoms with Crippen molar-refractivity contribution in [1.29, 1.82) is 0 Å². The van der Waals surface area contributed by atoms with Crippen LogP contribution in [0.1, 0.15) is 30.7 Å². The van der Waals surface area contributed by atoms with E-state index >= 15 is 0 Å². The highest BCUT2D eigenvalue weighted by molar-refractivity contribution is 5.28. The van der Waals surface area contributed by atoms with Crippen LogP contribution in [0.5, 0.6) is 11.5 Å². The van der Waals surface area contributed by atoms with Crippen LogP contribution in [0.25, 0.3) is 0 Å². The van der Waals surface area contributed by atoms with E-state index in [-0.39, 0.29) is 5.82 Å². The molecule has 0 bridgehead atoms. The minimum atomic E-state index is -0.237. The van der Waals surface area contributed by atoms with E-state index in [9.17, 15) is 9.50 Å². The van der Waals surface area contributed by atoms with Gasteiger partial charge in [0, 0.05) is 6.54 Å². The number of benzene rings is 2. The van der Waals surface area contributed by atoms with Crippen molar-refractivity contribution >= 4 is 0 Å². The Kier molecular flexibility index (Phi) is 5.70. The monoisotopic (exact) mass is 329 g/mol. The van der Waals surface area contributed by atoms with Gasteiger partial charge >= 0.3 is 0 Å². The van der Waals surface area contributed by atoms with Gasteiger partial charge in [-0.25, -0.2) is 4.39 Å². The van der Waals surface area contributed by atoms with Crippen LogP contribution in [0.4, 0.5) is 4.39 Å². The van der Waals surface area contributed by atoms with E-state index in [4.69, 9.17) is 4.74 Å². The number of halogens is 1. The Balaban J connectivity index is 1.35. The lowest BCUT2D eigenvalue weighted by atomic mass is 9.89. The smallest absolute Gasteiger partial charge is 0.123 e. The number of piperidine rings is 1. The van der Waals surface area contributed by atoms with Gasteiger partial charge in [0.05, 0.1) is 6.61 Å². The van der Waals surface area contributed by atoms with Gasteiger partial charge in [-0.3, -0.25) is 0 Å². The molecule has 1 heterocycles. The molecule has 0 atom stereocenters. The first-order chi connectivity index (χ1) is 11.7. The SMILES string of the molecule is Oc1ccc(C2CCN(CCCOc3ccc(F)cc3)CC2)cc1. The maximum absolute atomic E-state index is 12.8. The third-order valence-corrected chi connectivity index (χ3v) is 4.65. The topological polar surface area (TPSA) is 32.7 Å². The van der Waals surface area contributed by atoms with Crippen LogP contribution in [0.3, 0.4) is 0 Å². The fraction of sp³-hybridized carbons (Fsp3) is 0.400. The maximum Gasteiger partial charge on any atom is 0.123 e. The largest absolute Gasteiger partial charge is 0.508 e. The molecule has 2 aromatic carbocycles. The molecule has 1 aliphatic heterocycles. The van der Waals surface area contributed by atoms with Crippen LogP contribution in [0, 0.1) is 5.82 Å². The van der Waals surface area contributed by atoms with Crippen molar-refractivity contribution in [2.24, 2.45) is 0 Å². The van der Waals surface area contributed by atoms with Crippen molar-refractivity contribution in [1.82, 2.24) is 4.90 Å². The van der Waals surface area contributed by atoms with E-state index < -0.39 is 0 Å². The first-order valence-corrected chi connectivity index (χ1v) is 8.60. The Hall–Kier alpha value is -2.07. The highest BCUT2D eigenvalue weighted by Gasteiger charge is 2.20. The molecule has 3 nitrogen and oxygen atoms in total. The average Bonchev–Trinajstić information content (AvgIpc) is 2.62. The molecule has 4 heteroatoms. The van der Waals surface area contributed by atoms with Crippen LogP contribution in [0.15, 0.2) is 48.5 Å². The predicted molar refractivity (Wildman–Crippen MR) is 93.0 cm³/mol. The van der Waals surface area contributed by atoms with Crippen molar-refractivity contribution in [3.63, 3.8) is 0 Å². The van der Waals surface area contributed by atoms with Crippen LogP contribution < -0.4 is 4.74 Å². The number of rotatable bonds is 6. The summed E-state index contributed by atoms with van der Waals surface area (Å²) >= 11 is 0. The van der Waals surface area contributed by atoms with Crippen molar-refractivity contribution in [2.45, 2.75) is 25.2 Å². The molecule has 0 unspecified atom stereocenters. The predicted octanol–water partition coefficient (Wildman–Crippen LogP) is 4.18. The van der Waals surface area contributed by atoms with Crippen molar-refractivity contribution in [3.8, 4) is 11.5 Å². The molecule has 0 radical (unpaired) electrons. The number of aromatic hydroxyl groups is 1. The second kappa shape index (κ2) is 8.15. The molecule has 0 saturated carbocycles. The normalized spacial score (nSPS) is 16.2. The molecular weight excluding hydrogens is 305 g/mol. The third kappa shape index (κ3) is 4.71. The fourth-order valence-electron chi connectivity index (χ4n) is 3.25. The quantitative estimate of drug-likeness (QED) is 0.807. The Labute approximate surface area is 142 Å². The maximum atomic E-state index is 12.8. The number of phenols is 1. The molecule has 1 N–H and O–H groups in total. The fourth-order valence-corrected chi connectivity index (χ4v) is 3.25. The molecule has 0 spiro atoms. The Morgan fingerprint density at radius 1 is 1.00 bits per heavy atom. The first kappa shape index (κ1) is 16.8. The summed E-state index contributed by atoms with van der Waals surface area (Å²) in [5.74, 6) is 1.41. The van der Waals surface area contributed by atoms with Gasteiger partial charge < -0.3 is 14.7 Å². The Morgan fingerprint density at radius 2 is 1.67 bits per heavy atom. The molecule has 24 heavy (non-hydrogen) atoms. The molecule has 128 valence electrons. The molecule has 1 aliphatic rings. The number of nitrogens with zero attached hydrogens (tertiary/aromatic N) is 1. The molecule has 0 aromatic heterocycles. The zero-order valence-electron chi connectivity index (χ0n) is 13.8. The van der Waals surface area contributed by atoms with Crippen molar-refractivity contribution < 1.29 is 14.2 Å². The van der Waals surface area contributed by atoms with E-state index in [1.54, 1.807) is 24.3 Å². The van der Waals surface area contributed by atoms with Gasteiger partial charge in [-0.05, 0) is 80.2 Å². The second-order valence-electron chi connectivity index (χ2n) is 6.36. The molecule has 1 saturated heterocycles. The van der Waals surface area contributed by atoms with Crippen LogP contribution >= 0.6 is 0 Å². The molecule has 2 aromatic rings. The molecular formula is C20H24FNO2. The summed E-state index contributed by atoms with van der Waals surface area (Å²) in [7, 11) is 0. The van der Waals surface area contributed by atoms with E-state index in [2.05, 4.69) is 4.90 Å². The lowest BCUT2D eigenvalue weighted by Gasteiger charge is -2.32. The summed E-state index contributed by atoms with van der Waals surface area (Å²) in [6.45, 7) is 3.89. The van der Waals surface area contributed by atoms with Gasteiger partial charge in [-0.2, -0.15) is 0 Å². The van der Waals surface area contributed by atoms with Gasteiger partial charge in [0.15, 0.2) is 0 Å². The van der Waals surface area contributed by atoms with E-state index in [0.29, 0.717) is 18.3 Å². The van der Waals surface area contributed by atoms with Crippen molar-refractivity contribution in [2.75, 3.05) is 26.2 Å². The first-order valence-electron chi connectivity index (χ1n) is 8.60. The van der Waals surface area contributed by atoms with Gasteiger partial charge in [0.2, 0.25) is 0 Å². The number of likely N-dealkylation sites (tertiary alicyclic amines) is 1. The molecule has 1 fully saturated rings. The zero-order valence-corrected chi connectivity index (χ0v) is 13.8. The summed E-state index contributed by atoms with van der Waals surface area (Å²) in [5, 5.41) is 9.37. The molecule has 0 amide bonds. The summed E-state index contributed by atoms with van der Waals surface area (Å²) < 4.78 is 18.5. The third-order valence-electron chi connectivity index (χ3n) is 4.65. The molecule has 3 rings (SSSR count). The van der Waals surface area contributed by atoms with Gasteiger partial charge in [0.1, 0.15) is 17.3 Å². The van der Waals surface area contributed by atoms with Gasteiger partial charge in [0.25, 0.3) is 0 Å². The Bertz CT molecular complexity index is 619. The zero-order chi connectivity index (χ0) is 16.8. The Morgan fingerprint density at radius 3 is 2.33 bits per heavy atom. The van der Waals surface area contributed by atoms with E-state index in [0.717, 1.165) is 44.6 Å². The van der Waals surface area contributed by atoms with E-state index in [1.807, 2.05) is 12.1 Å². The summed E-state index contributed by atoms with van der Waals surface area (Å²) in [4.78, 5) is 2.48. The highest BCUT2D eigenvalue weighted by Crippen LogP contribution is 2.29. The highest BCUT2D eigenvalue weighted by atomic mass is 19.1. The number of phenolic OH excluding ortho intramolecular Hbond substituents is 1. The lowest BCUT2D eigenvalue weighted by molar-refractivity contribution is 0.193. The average molecular weight is 329 g/mol. The number of hydrogen-bond acceptors (Lipinski definition) is 3. The van der Waals surface area contributed by atoms with Crippen molar-refractivity contribution in [3.05, 3.63) is 59.9 Å². The van der Waals surface area contributed by atoms with Gasteiger partial charge in [-0.1, -0.05) is 12.1 Å².